The second kappa shape index (κ2) is 7.51. The van der Waals surface area contributed by atoms with E-state index in [0.29, 0.717) is 11.9 Å². The number of para-hydroxylation sites is 1. The second-order valence-electron chi connectivity index (χ2n) is 6.32. The van der Waals surface area contributed by atoms with Crippen molar-refractivity contribution in [2.24, 2.45) is 11.5 Å². The molecule has 0 radical (unpaired) electrons. The van der Waals surface area contributed by atoms with Crippen LogP contribution in [0.5, 0.6) is 0 Å². The number of hydrogen-bond acceptors (Lipinski definition) is 4. The molecule has 3 rings (SSSR count). The Hall–Kier alpha value is -2.96. The van der Waals surface area contributed by atoms with Gasteiger partial charge in [0.1, 0.15) is 6.04 Å². The van der Waals surface area contributed by atoms with Gasteiger partial charge in [-0.1, -0.05) is 48.5 Å². The number of nitrogens with two attached hydrogens (primary N) is 2. The van der Waals surface area contributed by atoms with Gasteiger partial charge in [0, 0.05) is 18.0 Å². The molecule has 0 aliphatic heterocycles. The van der Waals surface area contributed by atoms with Crippen LogP contribution in [0.1, 0.15) is 15.9 Å². The van der Waals surface area contributed by atoms with Crippen molar-refractivity contribution in [1.29, 1.82) is 0 Å². The number of carbonyl (C=O) groups is 2. The van der Waals surface area contributed by atoms with Crippen LogP contribution in [0.3, 0.4) is 0 Å². The van der Waals surface area contributed by atoms with Crippen molar-refractivity contribution >= 4 is 22.8 Å². The summed E-state index contributed by atoms with van der Waals surface area (Å²) in [4.78, 5) is 24.0. The van der Waals surface area contributed by atoms with Crippen LogP contribution in [0.4, 0.5) is 0 Å². The molecule has 26 heavy (non-hydrogen) atoms. The first-order valence-corrected chi connectivity index (χ1v) is 8.38. The van der Waals surface area contributed by atoms with Gasteiger partial charge in [0.2, 0.25) is 5.91 Å². The normalized spacial score (nSPS) is 13.5. The molecule has 5 N–H and O–H groups in total. The summed E-state index contributed by atoms with van der Waals surface area (Å²) in [5.74, 6) is -1.31. The molecule has 6 nitrogen and oxygen atoms in total. The lowest BCUT2D eigenvalue weighted by Crippen LogP contribution is -2.36. The van der Waals surface area contributed by atoms with Crippen molar-refractivity contribution in [2.45, 2.75) is 24.9 Å². The summed E-state index contributed by atoms with van der Waals surface area (Å²) in [5.41, 5.74) is 14.2. The zero-order valence-electron chi connectivity index (χ0n) is 14.2. The minimum Gasteiger partial charge on any atom is -0.480 e. The predicted octanol–water partition coefficient (Wildman–Crippen LogP) is 1.81. The third kappa shape index (κ3) is 3.66. The summed E-state index contributed by atoms with van der Waals surface area (Å²) in [5, 5.41) is 9.87. The van der Waals surface area contributed by atoms with E-state index < -0.39 is 18.1 Å². The molecule has 0 saturated heterocycles. The van der Waals surface area contributed by atoms with Gasteiger partial charge >= 0.3 is 5.97 Å². The molecule has 2 aromatic carbocycles. The van der Waals surface area contributed by atoms with Crippen LogP contribution in [-0.4, -0.2) is 33.6 Å². The van der Waals surface area contributed by atoms with Crippen LogP contribution in [-0.2, 0) is 17.6 Å². The topological polar surface area (TPSA) is 111 Å². The van der Waals surface area contributed by atoms with Crippen LogP contribution < -0.4 is 11.5 Å². The Morgan fingerprint density at radius 3 is 2.27 bits per heavy atom. The van der Waals surface area contributed by atoms with E-state index >= 15 is 0 Å². The predicted molar refractivity (Wildman–Crippen MR) is 100 cm³/mol. The molecule has 0 unspecified atom stereocenters. The standard InChI is InChI=1S/C20H21N3O3/c21-16(10-13-6-2-1-3-7-13)19(24)23-12-14(11-17(22)20(25)26)15-8-4-5-9-18(15)23/h1-9,12,16-17H,10-11,21-22H2,(H,25,26)/t16-,17-/m0/s1. The van der Waals surface area contributed by atoms with E-state index in [0.717, 1.165) is 16.5 Å². The molecule has 1 heterocycles. The van der Waals surface area contributed by atoms with Crippen LogP contribution in [0.15, 0.2) is 60.8 Å². The highest BCUT2D eigenvalue weighted by atomic mass is 16.4. The summed E-state index contributed by atoms with van der Waals surface area (Å²) < 4.78 is 1.51. The van der Waals surface area contributed by atoms with E-state index in [-0.39, 0.29) is 12.3 Å². The number of nitrogens with zero attached hydrogens (tertiary/aromatic N) is 1. The number of hydrogen-bond donors (Lipinski definition) is 3. The van der Waals surface area contributed by atoms with Gasteiger partial charge in [-0.3, -0.25) is 14.2 Å². The van der Waals surface area contributed by atoms with Gasteiger partial charge < -0.3 is 16.6 Å². The van der Waals surface area contributed by atoms with Crippen LogP contribution in [0.25, 0.3) is 10.9 Å². The Morgan fingerprint density at radius 1 is 0.923 bits per heavy atom. The van der Waals surface area contributed by atoms with E-state index in [1.807, 2.05) is 54.6 Å². The fourth-order valence-electron chi connectivity index (χ4n) is 3.05. The van der Waals surface area contributed by atoms with E-state index in [9.17, 15) is 9.59 Å². The van der Waals surface area contributed by atoms with Gasteiger partial charge in [-0.15, -0.1) is 0 Å². The van der Waals surface area contributed by atoms with Crippen molar-refractivity contribution in [2.75, 3.05) is 0 Å². The van der Waals surface area contributed by atoms with Gasteiger partial charge in [-0.2, -0.15) is 0 Å². The maximum Gasteiger partial charge on any atom is 0.320 e. The molecule has 0 fully saturated rings. The van der Waals surface area contributed by atoms with E-state index in [4.69, 9.17) is 16.6 Å². The molecule has 0 aliphatic carbocycles. The molecular formula is C20H21N3O3. The van der Waals surface area contributed by atoms with Crippen molar-refractivity contribution in [3.8, 4) is 0 Å². The minimum atomic E-state index is -1.08. The van der Waals surface area contributed by atoms with E-state index in [1.165, 1.54) is 4.57 Å². The number of carbonyl (C=O) groups excluding carboxylic acids is 1. The number of carboxylic acids is 1. The lowest BCUT2D eigenvalue weighted by Gasteiger charge is -2.12. The maximum atomic E-state index is 12.9. The number of rotatable bonds is 6. The van der Waals surface area contributed by atoms with E-state index in [1.54, 1.807) is 6.20 Å². The number of fused-ring (bicyclic) bond motifs is 1. The molecule has 0 bridgehead atoms. The van der Waals surface area contributed by atoms with Gasteiger partial charge in [0.25, 0.3) is 0 Å². The highest BCUT2D eigenvalue weighted by Gasteiger charge is 2.22. The van der Waals surface area contributed by atoms with Crippen molar-refractivity contribution < 1.29 is 14.7 Å². The molecule has 6 heteroatoms. The third-order valence-electron chi connectivity index (χ3n) is 4.40. The Bertz CT molecular complexity index is 934. The Labute approximate surface area is 151 Å². The van der Waals surface area contributed by atoms with Crippen molar-refractivity contribution in [3.05, 3.63) is 71.9 Å². The highest BCUT2D eigenvalue weighted by molar-refractivity contribution is 5.97. The average Bonchev–Trinajstić information content (AvgIpc) is 3.00. The van der Waals surface area contributed by atoms with Gasteiger partial charge in [-0.05, 0) is 23.6 Å². The SMILES string of the molecule is N[C@@H](Cc1cn(C(=O)[C@@H](N)Cc2ccccc2)c2ccccc12)C(=O)O. The number of aromatic nitrogens is 1. The zero-order chi connectivity index (χ0) is 18.7. The van der Waals surface area contributed by atoms with Gasteiger partial charge in [0.15, 0.2) is 0 Å². The number of carboxylic acid groups (broad SMARTS) is 1. The molecule has 134 valence electrons. The summed E-state index contributed by atoms with van der Waals surface area (Å²) in [7, 11) is 0. The molecule has 2 atom stereocenters. The first kappa shape index (κ1) is 17.8. The van der Waals surface area contributed by atoms with Crippen LogP contribution in [0.2, 0.25) is 0 Å². The van der Waals surface area contributed by atoms with Crippen molar-refractivity contribution in [1.82, 2.24) is 4.57 Å². The number of benzene rings is 2. The van der Waals surface area contributed by atoms with Gasteiger partial charge in [-0.25, -0.2) is 0 Å². The minimum absolute atomic E-state index is 0.143. The highest BCUT2D eigenvalue weighted by Crippen LogP contribution is 2.23. The third-order valence-corrected chi connectivity index (χ3v) is 4.40. The first-order valence-electron chi connectivity index (χ1n) is 8.38. The quantitative estimate of drug-likeness (QED) is 0.627. The summed E-state index contributed by atoms with van der Waals surface area (Å²) in [6.07, 6.45) is 2.22. The van der Waals surface area contributed by atoms with Crippen molar-refractivity contribution in [3.63, 3.8) is 0 Å². The Morgan fingerprint density at radius 2 is 1.58 bits per heavy atom. The lowest BCUT2D eigenvalue weighted by atomic mass is 10.1. The zero-order valence-corrected chi connectivity index (χ0v) is 14.2. The molecular weight excluding hydrogens is 330 g/mol. The molecule has 0 amide bonds. The van der Waals surface area contributed by atoms with Crippen LogP contribution >= 0.6 is 0 Å². The summed E-state index contributed by atoms with van der Waals surface area (Å²) in [6, 6.07) is 15.2. The Balaban J connectivity index is 1.91. The summed E-state index contributed by atoms with van der Waals surface area (Å²) >= 11 is 0. The second-order valence-corrected chi connectivity index (χ2v) is 6.32. The van der Waals surface area contributed by atoms with Gasteiger partial charge in [0.05, 0.1) is 11.6 Å². The summed E-state index contributed by atoms with van der Waals surface area (Å²) in [6.45, 7) is 0. The smallest absolute Gasteiger partial charge is 0.320 e. The molecule has 0 saturated carbocycles. The molecule has 0 aliphatic rings. The van der Waals surface area contributed by atoms with Crippen LogP contribution in [0, 0.1) is 0 Å². The average molecular weight is 351 g/mol. The largest absolute Gasteiger partial charge is 0.480 e. The fraction of sp³-hybridized carbons (Fsp3) is 0.200. The maximum absolute atomic E-state index is 12.9. The monoisotopic (exact) mass is 351 g/mol. The molecule has 1 aromatic heterocycles. The Kier molecular flexibility index (Phi) is 5.16. The molecule has 3 aromatic rings. The number of aliphatic carboxylic acids is 1. The first-order chi connectivity index (χ1) is 12.5. The fourth-order valence-corrected chi connectivity index (χ4v) is 3.05. The van der Waals surface area contributed by atoms with E-state index in [2.05, 4.69) is 0 Å². The molecule has 0 spiro atoms. The lowest BCUT2D eigenvalue weighted by molar-refractivity contribution is -0.138.